The van der Waals surface area contributed by atoms with Crippen LogP contribution in [0.3, 0.4) is 0 Å². The van der Waals surface area contributed by atoms with Crippen LogP contribution in [0.25, 0.3) is 0 Å². The van der Waals surface area contributed by atoms with E-state index >= 15 is 0 Å². The van der Waals surface area contributed by atoms with Crippen molar-refractivity contribution in [3.63, 3.8) is 0 Å². The molecule has 1 aromatic rings. The van der Waals surface area contributed by atoms with Gasteiger partial charge in [-0.3, -0.25) is 9.69 Å². The van der Waals surface area contributed by atoms with E-state index in [4.69, 9.17) is 4.74 Å². The van der Waals surface area contributed by atoms with Crippen molar-refractivity contribution in [3.8, 4) is 5.75 Å². The first kappa shape index (κ1) is 14.8. The number of Topliss-reactive ketones (excluding diaryl/α,β-unsaturated/α-hetero) is 1. The van der Waals surface area contributed by atoms with E-state index in [2.05, 4.69) is 23.1 Å². The lowest BCUT2D eigenvalue weighted by Gasteiger charge is -2.58. The van der Waals surface area contributed by atoms with Crippen LogP contribution in [-0.2, 0) is 16.6 Å². The van der Waals surface area contributed by atoms with Gasteiger partial charge in [-0.05, 0) is 79.7 Å². The zero-order valence-electron chi connectivity index (χ0n) is 15.0. The van der Waals surface area contributed by atoms with Gasteiger partial charge in [0, 0.05) is 30.3 Å². The Morgan fingerprint density at radius 2 is 2.20 bits per heavy atom. The fourth-order valence-corrected chi connectivity index (χ4v) is 6.67. The van der Waals surface area contributed by atoms with Crippen molar-refractivity contribution < 1.29 is 9.53 Å². The molecule has 2 unspecified atom stereocenters. The highest BCUT2D eigenvalue weighted by atomic mass is 16.5. The van der Waals surface area contributed by atoms with E-state index in [9.17, 15) is 4.79 Å². The number of carbonyl (C=O) groups is 1. The number of ketones is 1. The topological polar surface area (TPSA) is 29.5 Å². The largest absolute Gasteiger partial charge is 0.497 e. The monoisotopic (exact) mass is 337 g/mol. The van der Waals surface area contributed by atoms with E-state index in [1.54, 1.807) is 7.11 Å². The summed E-state index contributed by atoms with van der Waals surface area (Å²) < 4.78 is 5.55. The Hall–Kier alpha value is -1.35. The third-order valence-electron chi connectivity index (χ3n) is 8.04. The fraction of sp³-hybridized carbons (Fsp3) is 0.682. The predicted molar refractivity (Wildman–Crippen MR) is 95.8 cm³/mol. The number of piperidine rings is 1. The van der Waals surface area contributed by atoms with Gasteiger partial charge in [-0.2, -0.15) is 0 Å². The molecule has 6 rings (SSSR count). The molecule has 0 aromatic heterocycles. The van der Waals surface area contributed by atoms with Crippen molar-refractivity contribution in [1.82, 2.24) is 4.90 Å². The molecule has 2 bridgehead atoms. The van der Waals surface area contributed by atoms with Crippen LogP contribution in [0.15, 0.2) is 18.2 Å². The molecule has 5 aliphatic rings. The number of rotatable bonds is 3. The highest BCUT2D eigenvalue weighted by Crippen LogP contribution is 2.65. The maximum atomic E-state index is 12.8. The summed E-state index contributed by atoms with van der Waals surface area (Å²) in [6, 6.07) is 7.33. The minimum Gasteiger partial charge on any atom is -0.497 e. The van der Waals surface area contributed by atoms with E-state index in [1.807, 2.05) is 0 Å². The second-order valence-corrected chi connectivity index (χ2v) is 9.31. The first-order valence-corrected chi connectivity index (χ1v) is 10.1. The van der Waals surface area contributed by atoms with Crippen molar-refractivity contribution in [2.24, 2.45) is 23.7 Å². The van der Waals surface area contributed by atoms with Gasteiger partial charge in [0.1, 0.15) is 11.5 Å². The lowest BCUT2D eigenvalue weighted by molar-refractivity contribution is -0.128. The van der Waals surface area contributed by atoms with E-state index in [0.717, 1.165) is 24.5 Å². The summed E-state index contributed by atoms with van der Waals surface area (Å²) in [5, 5.41) is 0. The number of benzene rings is 1. The third-order valence-corrected chi connectivity index (χ3v) is 8.04. The van der Waals surface area contributed by atoms with Crippen LogP contribution < -0.4 is 4.74 Å². The summed E-state index contributed by atoms with van der Waals surface area (Å²) in [7, 11) is 1.75. The molecule has 0 N–H and O–H groups in total. The van der Waals surface area contributed by atoms with Crippen LogP contribution in [0, 0.1) is 23.7 Å². The lowest BCUT2D eigenvalue weighted by Crippen LogP contribution is -2.63. The Kier molecular flexibility index (Phi) is 2.88. The second kappa shape index (κ2) is 4.88. The van der Waals surface area contributed by atoms with Gasteiger partial charge < -0.3 is 4.74 Å². The van der Waals surface area contributed by atoms with Crippen molar-refractivity contribution in [1.29, 1.82) is 0 Å². The Labute approximate surface area is 149 Å². The van der Waals surface area contributed by atoms with Crippen molar-refractivity contribution in [3.05, 3.63) is 29.3 Å². The number of ether oxygens (including phenoxy) is 1. The predicted octanol–water partition coefficient (Wildman–Crippen LogP) is 3.20. The second-order valence-electron chi connectivity index (χ2n) is 9.31. The van der Waals surface area contributed by atoms with Crippen LogP contribution in [0.2, 0.25) is 0 Å². The molecule has 1 saturated heterocycles. The zero-order valence-corrected chi connectivity index (χ0v) is 15.0. The number of fused-ring (bicyclic) bond motifs is 2. The van der Waals surface area contributed by atoms with Gasteiger partial charge >= 0.3 is 0 Å². The van der Waals surface area contributed by atoms with E-state index in [-0.39, 0.29) is 5.41 Å². The maximum Gasteiger partial charge on any atom is 0.137 e. The molecule has 3 saturated carbocycles. The fourth-order valence-electron chi connectivity index (χ4n) is 6.67. The molecule has 4 fully saturated rings. The number of nitrogens with zero attached hydrogens (tertiary/aromatic N) is 1. The molecule has 0 radical (unpaired) electrons. The van der Waals surface area contributed by atoms with Gasteiger partial charge in [0.05, 0.1) is 7.11 Å². The highest BCUT2D eigenvalue weighted by Gasteiger charge is 2.66. The van der Waals surface area contributed by atoms with E-state index in [0.29, 0.717) is 29.6 Å². The van der Waals surface area contributed by atoms with Crippen LogP contribution in [0.5, 0.6) is 5.75 Å². The normalized spacial score (nSPS) is 41.6. The van der Waals surface area contributed by atoms with Crippen LogP contribution >= 0.6 is 0 Å². The average Bonchev–Trinajstić information content (AvgIpc) is 3.51. The molecule has 132 valence electrons. The van der Waals surface area contributed by atoms with Gasteiger partial charge in [0.15, 0.2) is 0 Å². The van der Waals surface area contributed by atoms with E-state index < -0.39 is 0 Å². The summed E-state index contributed by atoms with van der Waals surface area (Å²) >= 11 is 0. The van der Waals surface area contributed by atoms with E-state index in [1.165, 1.54) is 49.9 Å². The Balaban J connectivity index is 1.48. The van der Waals surface area contributed by atoms with Crippen LogP contribution in [-0.4, -0.2) is 36.9 Å². The summed E-state index contributed by atoms with van der Waals surface area (Å²) in [5.41, 5.74) is 3.04. The lowest BCUT2D eigenvalue weighted by atomic mass is 9.52. The highest BCUT2D eigenvalue weighted by molar-refractivity contribution is 5.87. The molecule has 3 nitrogen and oxygen atoms in total. The average molecular weight is 337 g/mol. The first-order chi connectivity index (χ1) is 12.2. The van der Waals surface area contributed by atoms with Gasteiger partial charge in [-0.25, -0.2) is 0 Å². The van der Waals surface area contributed by atoms with Gasteiger partial charge in [-0.15, -0.1) is 0 Å². The SMILES string of the molecule is COc1ccc2c(c1)[C@]13CCN(CC4CC4)[C@H](C2)[C@@H]1C1CC1C(=O)C3. The van der Waals surface area contributed by atoms with Gasteiger partial charge in [0.25, 0.3) is 0 Å². The zero-order chi connectivity index (χ0) is 16.8. The third kappa shape index (κ3) is 1.99. The molecule has 3 heteroatoms. The molecule has 0 spiro atoms. The molecular formula is C22H27NO2. The molecule has 25 heavy (non-hydrogen) atoms. The van der Waals surface area contributed by atoms with Crippen molar-refractivity contribution in [2.45, 2.75) is 50.0 Å². The first-order valence-electron chi connectivity index (χ1n) is 10.1. The minimum atomic E-state index is 0.0988. The standard InChI is InChI=1S/C22H27NO2/c1-25-15-5-4-14-8-19-21-17-10-16(17)20(24)11-22(21,18(14)9-15)6-7-23(19)12-13-2-3-13/h4-5,9,13,16-17,19,21H,2-3,6-8,10-12H2,1H3/t16?,17?,19-,21+,22-/m1/s1. The molecule has 5 atom stereocenters. The summed E-state index contributed by atoms with van der Waals surface area (Å²) in [6.45, 7) is 2.48. The Morgan fingerprint density at radius 1 is 1.32 bits per heavy atom. The number of likely N-dealkylation sites (tertiary alicyclic amines) is 1. The van der Waals surface area contributed by atoms with Crippen molar-refractivity contribution >= 4 is 5.78 Å². The molecule has 1 heterocycles. The number of hydrogen-bond donors (Lipinski definition) is 0. The Bertz CT molecular complexity index is 754. The van der Waals surface area contributed by atoms with Gasteiger partial charge in [-0.1, -0.05) is 6.07 Å². The summed E-state index contributed by atoms with van der Waals surface area (Å²) in [6.07, 6.45) is 7.14. The van der Waals surface area contributed by atoms with Gasteiger partial charge in [0.2, 0.25) is 0 Å². The molecule has 4 aliphatic carbocycles. The Morgan fingerprint density at radius 3 is 3.00 bits per heavy atom. The molecule has 0 amide bonds. The number of carbonyl (C=O) groups excluding carboxylic acids is 1. The molecular weight excluding hydrogens is 310 g/mol. The summed E-state index contributed by atoms with van der Waals surface area (Å²) in [5.74, 6) is 4.20. The van der Waals surface area contributed by atoms with Crippen LogP contribution in [0.4, 0.5) is 0 Å². The smallest absolute Gasteiger partial charge is 0.137 e. The molecule has 1 aliphatic heterocycles. The quantitative estimate of drug-likeness (QED) is 0.848. The number of hydrogen-bond acceptors (Lipinski definition) is 3. The minimum absolute atomic E-state index is 0.0988. The maximum absolute atomic E-state index is 12.8. The molecule has 1 aromatic carbocycles. The van der Waals surface area contributed by atoms with Crippen LogP contribution in [0.1, 0.15) is 43.2 Å². The van der Waals surface area contributed by atoms with Crippen molar-refractivity contribution in [2.75, 3.05) is 20.2 Å². The summed E-state index contributed by atoms with van der Waals surface area (Å²) in [4.78, 5) is 15.6. The number of methoxy groups -OCH3 is 1.